The lowest BCUT2D eigenvalue weighted by molar-refractivity contribution is 0.239. The fraction of sp³-hybridized carbons (Fsp3) is 0.600. The van der Waals surface area contributed by atoms with Crippen LogP contribution in [0.4, 0.5) is 0 Å². The van der Waals surface area contributed by atoms with Crippen molar-refractivity contribution in [1.29, 1.82) is 0 Å². The van der Waals surface area contributed by atoms with Gasteiger partial charge in [-0.05, 0) is 38.5 Å². The smallest absolute Gasteiger partial charge is 0.214 e. The van der Waals surface area contributed by atoms with Gasteiger partial charge in [-0.3, -0.25) is 0 Å². The molecule has 0 amide bonds. The molecule has 0 fully saturated rings. The van der Waals surface area contributed by atoms with E-state index < -0.39 is 9.84 Å². The molecule has 0 bridgehead atoms. The molecule has 2 aromatic carbocycles. The SMILES string of the molecule is CCCOc1cc(S(=O)(=O)c2cc(OCCC)c(O)c(OCCC)c2OCCC)c(OCCC)c(OCCC)c1O. The molecular formula is C30H46O10S. The van der Waals surface area contributed by atoms with E-state index in [2.05, 4.69) is 0 Å². The lowest BCUT2D eigenvalue weighted by Gasteiger charge is -2.22. The van der Waals surface area contributed by atoms with Crippen molar-refractivity contribution in [3.05, 3.63) is 12.1 Å². The van der Waals surface area contributed by atoms with E-state index in [4.69, 9.17) is 28.4 Å². The normalized spacial score (nSPS) is 11.3. The molecule has 0 aliphatic heterocycles. The van der Waals surface area contributed by atoms with Gasteiger partial charge in [0, 0.05) is 12.1 Å². The summed E-state index contributed by atoms with van der Waals surface area (Å²) in [6.45, 7) is 12.6. The molecule has 0 saturated heterocycles. The van der Waals surface area contributed by atoms with Gasteiger partial charge in [0.1, 0.15) is 9.79 Å². The summed E-state index contributed by atoms with van der Waals surface area (Å²) in [7, 11) is -4.48. The summed E-state index contributed by atoms with van der Waals surface area (Å²) in [5.74, 6) is -1.31. The minimum Gasteiger partial charge on any atom is -0.502 e. The Morgan fingerprint density at radius 3 is 1.05 bits per heavy atom. The van der Waals surface area contributed by atoms with Crippen molar-refractivity contribution in [1.82, 2.24) is 0 Å². The summed E-state index contributed by atoms with van der Waals surface area (Å²) in [6, 6.07) is 2.47. The maximum atomic E-state index is 14.6. The van der Waals surface area contributed by atoms with Crippen LogP contribution in [0, 0.1) is 0 Å². The number of phenolic OH excluding ortho intramolecular Hbond substituents is 2. The first-order valence-electron chi connectivity index (χ1n) is 14.5. The van der Waals surface area contributed by atoms with Crippen molar-refractivity contribution in [2.75, 3.05) is 39.6 Å². The summed E-state index contributed by atoms with van der Waals surface area (Å²) in [4.78, 5) is -0.563. The number of hydrogen-bond donors (Lipinski definition) is 2. The Morgan fingerprint density at radius 1 is 0.488 bits per heavy atom. The Labute approximate surface area is 244 Å². The molecule has 0 atom stereocenters. The predicted molar refractivity (Wildman–Crippen MR) is 156 cm³/mol. The van der Waals surface area contributed by atoms with Crippen molar-refractivity contribution in [3.63, 3.8) is 0 Å². The quantitative estimate of drug-likeness (QED) is 0.171. The van der Waals surface area contributed by atoms with Gasteiger partial charge in [-0.1, -0.05) is 41.5 Å². The van der Waals surface area contributed by atoms with Crippen LogP contribution in [0.5, 0.6) is 46.0 Å². The summed E-state index contributed by atoms with van der Waals surface area (Å²) in [5, 5.41) is 22.1. The van der Waals surface area contributed by atoms with E-state index in [1.165, 1.54) is 12.1 Å². The highest BCUT2D eigenvalue weighted by Crippen LogP contribution is 2.53. The zero-order valence-corrected chi connectivity index (χ0v) is 26.0. The van der Waals surface area contributed by atoms with Crippen molar-refractivity contribution >= 4 is 9.84 Å². The number of sulfone groups is 1. The van der Waals surface area contributed by atoms with Crippen LogP contribution < -0.4 is 28.4 Å². The van der Waals surface area contributed by atoms with E-state index in [0.717, 1.165) is 0 Å². The summed E-state index contributed by atoms with van der Waals surface area (Å²) in [5.41, 5.74) is 0. The van der Waals surface area contributed by atoms with E-state index in [0.29, 0.717) is 38.5 Å². The van der Waals surface area contributed by atoms with Gasteiger partial charge in [0.15, 0.2) is 23.0 Å². The van der Waals surface area contributed by atoms with Crippen molar-refractivity contribution in [3.8, 4) is 46.0 Å². The van der Waals surface area contributed by atoms with Crippen LogP contribution in [0.25, 0.3) is 0 Å². The maximum Gasteiger partial charge on any atom is 0.214 e. The van der Waals surface area contributed by atoms with Gasteiger partial charge in [0.2, 0.25) is 32.8 Å². The third-order valence-corrected chi connectivity index (χ3v) is 7.35. The number of phenols is 2. The average molecular weight is 599 g/mol. The van der Waals surface area contributed by atoms with Gasteiger partial charge in [0.25, 0.3) is 0 Å². The minimum absolute atomic E-state index is 0.0555. The van der Waals surface area contributed by atoms with E-state index in [-0.39, 0.29) is 95.4 Å². The highest BCUT2D eigenvalue weighted by molar-refractivity contribution is 7.91. The number of hydrogen-bond acceptors (Lipinski definition) is 10. The summed E-state index contributed by atoms with van der Waals surface area (Å²) < 4.78 is 64.2. The number of benzene rings is 2. The van der Waals surface area contributed by atoms with Gasteiger partial charge < -0.3 is 38.6 Å². The Kier molecular flexibility index (Phi) is 14.0. The highest BCUT2D eigenvalue weighted by atomic mass is 32.2. The maximum absolute atomic E-state index is 14.6. The first-order chi connectivity index (χ1) is 19.7. The Morgan fingerprint density at radius 2 is 0.756 bits per heavy atom. The topological polar surface area (TPSA) is 130 Å². The van der Waals surface area contributed by atoms with Crippen LogP contribution in [-0.2, 0) is 9.84 Å². The van der Waals surface area contributed by atoms with Crippen LogP contribution in [0.3, 0.4) is 0 Å². The second-order valence-corrected chi connectivity index (χ2v) is 11.2. The lowest BCUT2D eigenvalue weighted by atomic mass is 10.2. The second-order valence-electron chi connectivity index (χ2n) is 9.35. The third-order valence-electron chi connectivity index (χ3n) is 5.59. The molecule has 2 N–H and O–H groups in total. The Hall–Kier alpha value is -3.21. The molecule has 0 aromatic heterocycles. The molecule has 0 unspecified atom stereocenters. The first-order valence-corrected chi connectivity index (χ1v) is 16.0. The van der Waals surface area contributed by atoms with Gasteiger partial charge in [0.05, 0.1) is 39.6 Å². The zero-order valence-electron chi connectivity index (χ0n) is 25.2. The standard InChI is InChI=1S/C30H46O10S/c1-7-13-35-21-19-23(27(37-15-9-3)29(25(21)31)39-17-11-5)41(33,34)24-20-22(36-14-8-2)26(32)30(40-18-12-6)28(24)38-16-10-4/h19-20,31-32H,7-18H2,1-6H3. The largest absolute Gasteiger partial charge is 0.502 e. The fourth-order valence-corrected chi connectivity index (χ4v) is 5.24. The molecule has 11 heteroatoms. The van der Waals surface area contributed by atoms with E-state index in [9.17, 15) is 18.6 Å². The first kappa shape index (κ1) is 34.0. The molecule has 2 aromatic rings. The molecule has 0 aliphatic rings. The summed E-state index contributed by atoms with van der Waals surface area (Å²) in [6.07, 6.45) is 3.63. The average Bonchev–Trinajstić information content (AvgIpc) is 2.96. The van der Waals surface area contributed by atoms with Crippen LogP contribution in [-0.4, -0.2) is 58.3 Å². The van der Waals surface area contributed by atoms with Crippen molar-refractivity contribution < 1.29 is 47.1 Å². The van der Waals surface area contributed by atoms with Gasteiger partial charge in [-0.25, -0.2) is 8.42 Å². The van der Waals surface area contributed by atoms with Crippen LogP contribution in [0.15, 0.2) is 21.9 Å². The number of ether oxygens (including phenoxy) is 6. The van der Waals surface area contributed by atoms with Crippen LogP contribution in [0.1, 0.15) is 80.1 Å². The van der Waals surface area contributed by atoms with Crippen LogP contribution in [0.2, 0.25) is 0 Å². The molecule has 10 nitrogen and oxygen atoms in total. The monoisotopic (exact) mass is 598 g/mol. The minimum atomic E-state index is -4.48. The van der Waals surface area contributed by atoms with Gasteiger partial charge in [-0.2, -0.15) is 0 Å². The molecular weight excluding hydrogens is 552 g/mol. The molecule has 41 heavy (non-hydrogen) atoms. The fourth-order valence-electron chi connectivity index (χ4n) is 3.69. The van der Waals surface area contributed by atoms with Crippen molar-refractivity contribution in [2.45, 2.75) is 89.9 Å². The predicted octanol–water partition coefficient (Wildman–Crippen LogP) is 6.66. The summed E-state index contributed by atoms with van der Waals surface area (Å²) >= 11 is 0. The number of rotatable bonds is 20. The molecule has 2 rings (SSSR count). The Balaban J connectivity index is 3.00. The highest BCUT2D eigenvalue weighted by Gasteiger charge is 2.36. The lowest BCUT2D eigenvalue weighted by Crippen LogP contribution is -2.13. The van der Waals surface area contributed by atoms with E-state index in [1.54, 1.807) is 0 Å². The molecule has 0 spiro atoms. The molecule has 0 heterocycles. The Bertz CT molecular complexity index is 1120. The van der Waals surface area contributed by atoms with E-state index in [1.807, 2.05) is 41.5 Å². The van der Waals surface area contributed by atoms with Gasteiger partial charge >= 0.3 is 0 Å². The molecule has 232 valence electrons. The third kappa shape index (κ3) is 8.40. The molecule has 0 saturated carbocycles. The molecule has 0 aliphatic carbocycles. The van der Waals surface area contributed by atoms with E-state index >= 15 is 0 Å². The molecule has 0 radical (unpaired) electrons. The second kappa shape index (κ2) is 16.9. The zero-order chi connectivity index (χ0) is 30.4. The van der Waals surface area contributed by atoms with Crippen molar-refractivity contribution in [2.24, 2.45) is 0 Å². The van der Waals surface area contributed by atoms with Gasteiger partial charge in [-0.15, -0.1) is 0 Å². The number of aromatic hydroxyl groups is 2. The van der Waals surface area contributed by atoms with Crippen LogP contribution >= 0.6 is 0 Å².